The van der Waals surface area contributed by atoms with Gasteiger partial charge in [-0.3, -0.25) is 4.79 Å². The molecule has 1 aromatic heterocycles. The van der Waals surface area contributed by atoms with Crippen LogP contribution in [0.25, 0.3) is 0 Å². The molecule has 2 rings (SSSR count). The minimum atomic E-state index is -0.711. The Balaban J connectivity index is 2.37. The van der Waals surface area contributed by atoms with Crippen molar-refractivity contribution in [1.29, 1.82) is 0 Å². The Morgan fingerprint density at radius 2 is 2.38 bits per heavy atom. The molecule has 0 bridgehead atoms. The van der Waals surface area contributed by atoms with Gasteiger partial charge in [-0.2, -0.15) is 0 Å². The van der Waals surface area contributed by atoms with E-state index in [1.54, 1.807) is 0 Å². The topological polar surface area (TPSA) is 55.1 Å². The molecule has 0 spiro atoms. The van der Waals surface area contributed by atoms with Crippen LogP contribution >= 0.6 is 0 Å². The van der Waals surface area contributed by atoms with Gasteiger partial charge in [0.25, 0.3) is 0 Å². The second-order valence-corrected chi connectivity index (χ2v) is 4.44. The zero-order valence-corrected chi connectivity index (χ0v) is 9.86. The van der Waals surface area contributed by atoms with Gasteiger partial charge in [-0.1, -0.05) is 6.92 Å². The SMILES string of the molecule is CCc1nc(C)c2n1CCCC2CC(=O)O. The lowest BCUT2D eigenvalue weighted by atomic mass is 9.91. The van der Waals surface area contributed by atoms with Crippen LogP contribution in [0.2, 0.25) is 0 Å². The number of hydrogen-bond acceptors (Lipinski definition) is 2. The van der Waals surface area contributed by atoms with Crippen molar-refractivity contribution in [3.05, 3.63) is 17.2 Å². The summed E-state index contributed by atoms with van der Waals surface area (Å²) in [5.74, 6) is 0.540. The Morgan fingerprint density at radius 3 is 3.00 bits per heavy atom. The number of fused-ring (bicyclic) bond motifs is 1. The summed E-state index contributed by atoms with van der Waals surface area (Å²) < 4.78 is 2.23. The zero-order valence-electron chi connectivity index (χ0n) is 9.86. The number of carboxylic acids is 1. The molecule has 1 aliphatic heterocycles. The molecule has 1 unspecified atom stereocenters. The first-order valence-electron chi connectivity index (χ1n) is 5.91. The average Bonchev–Trinajstić information content (AvgIpc) is 2.56. The van der Waals surface area contributed by atoms with Crippen molar-refractivity contribution in [3.63, 3.8) is 0 Å². The molecule has 16 heavy (non-hydrogen) atoms. The van der Waals surface area contributed by atoms with Crippen LogP contribution in [0.5, 0.6) is 0 Å². The highest BCUT2D eigenvalue weighted by atomic mass is 16.4. The van der Waals surface area contributed by atoms with E-state index in [1.165, 1.54) is 0 Å². The third-order valence-corrected chi connectivity index (χ3v) is 3.33. The molecule has 1 atom stereocenters. The largest absolute Gasteiger partial charge is 0.481 e. The molecule has 4 heteroatoms. The summed E-state index contributed by atoms with van der Waals surface area (Å²) in [4.78, 5) is 15.4. The Bertz CT molecular complexity index is 409. The quantitative estimate of drug-likeness (QED) is 0.852. The number of rotatable bonds is 3. The van der Waals surface area contributed by atoms with Gasteiger partial charge in [0.1, 0.15) is 5.82 Å². The Labute approximate surface area is 95.3 Å². The highest BCUT2D eigenvalue weighted by molar-refractivity contribution is 5.68. The summed E-state index contributed by atoms with van der Waals surface area (Å²) in [6, 6.07) is 0. The molecule has 2 heterocycles. The van der Waals surface area contributed by atoms with E-state index in [0.29, 0.717) is 0 Å². The summed E-state index contributed by atoms with van der Waals surface area (Å²) in [7, 11) is 0. The minimum Gasteiger partial charge on any atom is -0.481 e. The van der Waals surface area contributed by atoms with E-state index in [0.717, 1.165) is 43.0 Å². The molecule has 88 valence electrons. The molecule has 0 fully saturated rings. The third kappa shape index (κ3) is 1.84. The summed E-state index contributed by atoms with van der Waals surface area (Å²) >= 11 is 0. The lowest BCUT2D eigenvalue weighted by Crippen LogP contribution is -2.19. The molecule has 1 aliphatic rings. The van der Waals surface area contributed by atoms with Crippen LogP contribution in [0.1, 0.15) is 49.3 Å². The molecular weight excluding hydrogens is 204 g/mol. The smallest absolute Gasteiger partial charge is 0.304 e. The molecule has 0 radical (unpaired) electrons. The van der Waals surface area contributed by atoms with E-state index in [4.69, 9.17) is 5.11 Å². The molecule has 0 aliphatic carbocycles. The molecule has 4 nitrogen and oxygen atoms in total. The van der Waals surface area contributed by atoms with Crippen molar-refractivity contribution in [3.8, 4) is 0 Å². The summed E-state index contributed by atoms with van der Waals surface area (Å²) in [5, 5.41) is 8.92. The number of aromatic nitrogens is 2. The van der Waals surface area contributed by atoms with Crippen LogP contribution < -0.4 is 0 Å². The number of nitrogens with zero attached hydrogens (tertiary/aromatic N) is 2. The van der Waals surface area contributed by atoms with Crippen LogP contribution in [-0.4, -0.2) is 20.6 Å². The molecule has 1 aromatic rings. The maximum absolute atomic E-state index is 10.8. The Kier molecular flexibility index (Phi) is 2.99. The van der Waals surface area contributed by atoms with Crippen LogP contribution in [0.15, 0.2) is 0 Å². The maximum atomic E-state index is 10.8. The Morgan fingerprint density at radius 1 is 1.62 bits per heavy atom. The first-order chi connectivity index (χ1) is 7.63. The fraction of sp³-hybridized carbons (Fsp3) is 0.667. The van der Waals surface area contributed by atoms with Gasteiger partial charge in [0.15, 0.2) is 0 Å². The zero-order chi connectivity index (χ0) is 11.7. The standard InChI is InChI=1S/C12H18N2O2/c1-3-10-13-8(2)12-9(7-11(15)16)5-4-6-14(10)12/h9H,3-7H2,1-2H3,(H,15,16). The average molecular weight is 222 g/mol. The molecule has 1 N–H and O–H groups in total. The highest BCUT2D eigenvalue weighted by Gasteiger charge is 2.27. The Hall–Kier alpha value is -1.32. The van der Waals surface area contributed by atoms with E-state index < -0.39 is 5.97 Å². The van der Waals surface area contributed by atoms with Crippen LogP contribution in [0.3, 0.4) is 0 Å². The van der Waals surface area contributed by atoms with Gasteiger partial charge < -0.3 is 9.67 Å². The fourth-order valence-electron chi connectivity index (χ4n) is 2.72. The monoisotopic (exact) mass is 222 g/mol. The first kappa shape index (κ1) is 11.2. The predicted molar refractivity (Wildman–Crippen MR) is 60.6 cm³/mol. The minimum absolute atomic E-state index is 0.152. The number of carbonyl (C=O) groups is 1. The molecular formula is C12H18N2O2. The van der Waals surface area contributed by atoms with Gasteiger partial charge in [0.05, 0.1) is 12.1 Å². The van der Waals surface area contributed by atoms with Gasteiger partial charge in [0, 0.05) is 24.6 Å². The fourth-order valence-corrected chi connectivity index (χ4v) is 2.72. The molecule has 0 amide bonds. The lowest BCUT2D eigenvalue weighted by Gasteiger charge is -2.24. The number of hydrogen-bond donors (Lipinski definition) is 1. The van der Waals surface area contributed by atoms with Crippen molar-refractivity contribution in [2.75, 3.05) is 0 Å². The third-order valence-electron chi connectivity index (χ3n) is 3.33. The van der Waals surface area contributed by atoms with Gasteiger partial charge >= 0.3 is 5.97 Å². The van der Waals surface area contributed by atoms with E-state index in [9.17, 15) is 4.79 Å². The lowest BCUT2D eigenvalue weighted by molar-refractivity contribution is -0.137. The highest BCUT2D eigenvalue weighted by Crippen LogP contribution is 2.33. The number of carboxylic acid groups (broad SMARTS) is 1. The van der Waals surface area contributed by atoms with Crippen molar-refractivity contribution >= 4 is 5.97 Å². The maximum Gasteiger partial charge on any atom is 0.304 e. The van der Waals surface area contributed by atoms with Crippen molar-refractivity contribution in [2.24, 2.45) is 0 Å². The van der Waals surface area contributed by atoms with Crippen LogP contribution in [0, 0.1) is 6.92 Å². The van der Waals surface area contributed by atoms with Crippen molar-refractivity contribution in [1.82, 2.24) is 9.55 Å². The summed E-state index contributed by atoms with van der Waals surface area (Å²) in [5.41, 5.74) is 2.17. The van der Waals surface area contributed by atoms with E-state index in [2.05, 4.69) is 16.5 Å². The number of imidazole rings is 1. The van der Waals surface area contributed by atoms with E-state index >= 15 is 0 Å². The second kappa shape index (κ2) is 4.28. The van der Waals surface area contributed by atoms with E-state index in [-0.39, 0.29) is 12.3 Å². The van der Waals surface area contributed by atoms with Gasteiger partial charge in [-0.15, -0.1) is 0 Å². The summed E-state index contributed by atoms with van der Waals surface area (Å²) in [6.45, 7) is 5.08. The molecule has 0 saturated heterocycles. The second-order valence-electron chi connectivity index (χ2n) is 4.44. The van der Waals surface area contributed by atoms with Crippen LogP contribution in [-0.2, 0) is 17.8 Å². The number of aliphatic carboxylic acids is 1. The van der Waals surface area contributed by atoms with Crippen molar-refractivity contribution in [2.45, 2.75) is 52.0 Å². The van der Waals surface area contributed by atoms with E-state index in [1.807, 2.05) is 6.92 Å². The molecule has 0 saturated carbocycles. The summed E-state index contributed by atoms with van der Waals surface area (Å²) in [6.07, 6.45) is 3.19. The van der Waals surface area contributed by atoms with Crippen molar-refractivity contribution < 1.29 is 9.90 Å². The normalized spacial score (nSPS) is 19.5. The molecule has 0 aromatic carbocycles. The first-order valence-corrected chi connectivity index (χ1v) is 5.91. The van der Waals surface area contributed by atoms with Gasteiger partial charge in [0.2, 0.25) is 0 Å². The van der Waals surface area contributed by atoms with Crippen LogP contribution in [0.4, 0.5) is 0 Å². The van der Waals surface area contributed by atoms with Gasteiger partial charge in [-0.05, 0) is 19.8 Å². The number of aryl methyl sites for hydroxylation is 2. The predicted octanol–water partition coefficient (Wildman–Crippen LogP) is 2.11. The van der Waals surface area contributed by atoms with Gasteiger partial charge in [-0.25, -0.2) is 4.98 Å².